The van der Waals surface area contributed by atoms with Crippen LogP contribution in [0.3, 0.4) is 0 Å². The van der Waals surface area contributed by atoms with Gasteiger partial charge in [0.05, 0.1) is 28.8 Å². The first kappa shape index (κ1) is 32.4. The van der Waals surface area contributed by atoms with Gasteiger partial charge in [0.2, 0.25) is 0 Å². The van der Waals surface area contributed by atoms with Gasteiger partial charge in [0.25, 0.3) is 0 Å². The molecule has 0 aromatic carbocycles. The number of aromatic nitrogens is 4. The number of aromatic amines is 2. The molecule has 37 heavy (non-hydrogen) atoms. The van der Waals surface area contributed by atoms with Crippen molar-refractivity contribution >= 4 is 108 Å². The topological polar surface area (TPSA) is 60.6 Å². The Morgan fingerprint density at radius 1 is 0.703 bits per heavy atom. The molecule has 1 unspecified atom stereocenters. The summed E-state index contributed by atoms with van der Waals surface area (Å²) in [5.74, 6) is 0. The van der Waals surface area contributed by atoms with Gasteiger partial charge in [-0.25, -0.2) is 9.97 Å². The molecule has 0 fully saturated rings. The van der Waals surface area contributed by atoms with Crippen LogP contribution in [0.5, 0.6) is 0 Å². The largest absolute Gasteiger partial charge is 0.367 e. The van der Waals surface area contributed by atoms with Gasteiger partial charge < -0.3 is 14.9 Å². The number of fused-ring (bicyclic) bond motifs is 8. The highest BCUT2D eigenvalue weighted by Gasteiger charge is 2.23. The zero-order chi connectivity index (χ0) is 21.5. The third kappa shape index (κ3) is 6.81. The van der Waals surface area contributed by atoms with E-state index in [2.05, 4.69) is 101 Å². The van der Waals surface area contributed by atoms with Crippen molar-refractivity contribution in [3.05, 3.63) is 95.7 Å². The predicted octanol–water partition coefficient (Wildman–Crippen LogP) is 7.91. The Labute approximate surface area is 247 Å². The van der Waals surface area contributed by atoms with Crippen LogP contribution in [-0.2, 0) is 0 Å². The fourth-order valence-electron chi connectivity index (χ4n) is 4.39. The average molecular weight is 600 g/mol. The summed E-state index contributed by atoms with van der Waals surface area (Å²) in [5, 5.41) is 0. The molecule has 0 saturated carbocycles. The predicted molar refractivity (Wildman–Crippen MR) is 168 cm³/mol. The van der Waals surface area contributed by atoms with E-state index in [4.69, 9.17) is 9.97 Å². The summed E-state index contributed by atoms with van der Waals surface area (Å²) in [5.41, 5.74) is 9.05. The number of nitrogens with one attached hydrogen (secondary N) is 2. The Morgan fingerprint density at radius 3 is 1.89 bits per heavy atom. The van der Waals surface area contributed by atoms with E-state index in [0.717, 1.165) is 51.4 Å². The van der Waals surface area contributed by atoms with Crippen molar-refractivity contribution in [3.8, 4) is 0 Å². The van der Waals surface area contributed by atoms with Crippen LogP contribution in [0.15, 0.2) is 73.0 Å². The SMILES string of the molecule is CCN1C=CC=CC1C1=Cc2cc3ccc(cc4ccc(cc5nc(cc1n2)C=C5)[nH]4)[nH]3.Cl.Cl.Cl.Cl.Cl. The Morgan fingerprint density at radius 2 is 1.27 bits per heavy atom. The van der Waals surface area contributed by atoms with Crippen LogP contribution in [0, 0.1) is 0 Å². The molecule has 0 amide bonds. The minimum Gasteiger partial charge on any atom is -0.367 e. The van der Waals surface area contributed by atoms with Crippen LogP contribution in [0.4, 0.5) is 0 Å². The zero-order valence-corrected chi connectivity index (χ0v) is 23.9. The maximum atomic E-state index is 4.98. The Balaban J connectivity index is 0.00000137. The number of nitrogens with zero attached hydrogens (tertiary/aromatic N) is 3. The van der Waals surface area contributed by atoms with Gasteiger partial charge in [-0.05, 0) is 86.0 Å². The fraction of sp³-hybridized carbons (Fsp3) is 0.111. The molecular formula is C27H28Cl5N5. The van der Waals surface area contributed by atoms with Crippen molar-refractivity contribution < 1.29 is 0 Å². The lowest BCUT2D eigenvalue weighted by Gasteiger charge is -2.30. The molecule has 0 saturated heterocycles. The first-order chi connectivity index (χ1) is 15.7. The van der Waals surface area contributed by atoms with E-state index >= 15 is 0 Å². The number of likely N-dealkylation sites (N-methyl/N-ethyl adjacent to an activating group) is 1. The van der Waals surface area contributed by atoms with Crippen molar-refractivity contribution in [2.24, 2.45) is 0 Å². The molecular weight excluding hydrogens is 572 g/mol. The quantitative estimate of drug-likeness (QED) is 0.246. The molecule has 1 atom stereocenters. The second kappa shape index (κ2) is 13.8. The molecule has 5 nitrogen and oxygen atoms in total. The Bertz CT molecular complexity index is 1500. The van der Waals surface area contributed by atoms with E-state index in [9.17, 15) is 0 Å². The molecule has 2 N–H and O–H groups in total. The lowest BCUT2D eigenvalue weighted by molar-refractivity contribution is 0.384. The van der Waals surface area contributed by atoms with Crippen molar-refractivity contribution in [2.75, 3.05) is 6.54 Å². The summed E-state index contributed by atoms with van der Waals surface area (Å²) in [6, 6.07) is 16.8. The number of H-pyrrole nitrogens is 2. The Kier molecular flexibility index (Phi) is 12.0. The second-order valence-corrected chi connectivity index (χ2v) is 8.13. The summed E-state index contributed by atoms with van der Waals surface area (Å²) in [6.07, 6.45) is 14.8. The number of hydrogen-bond donors (Lipinski definition) is 2. The summed E-state index contributed by atoms with van der Waals surface area (Å²) < 4.78 is 0. The molecule has 6 heterocycles. The highest BCUT2D eigenvalue weighted by molar-refractivity contribution is 5.88. The summed E-state index contributed by atoms with van der Waals surface area (Å²) in [4.78, 5) is 19.0. The van der Waals surface area contributed by atoms with E-state index in [1.54, 1.807) is 0 Å². The van der Waals surface area contributed by atoms with Crippen LogP contribution in [0.25, 0.3) is 45.9 Å². The van der Waals surface area contributed by atoms with Crippen LogP contribution < -0.4 is 0 Å². The van der Waals surface area contributed by atoms with Gasteiger partial charge in [0, 0.05) is 34.2 Å². The number of rotatable bonds is 2. The lowest BCUT2D eigenvalue weighted by atomic mass is 10.00. The maximum absolute atomic E-state index is 4.98. The highest BCUT2D eigenvalue weighted by atomic mass is 35.5. The minimum atomic E-state index is 0. The number of hydrogen-bond acceptors (Lipinski definition) is 3. The van der Waals surface area contributed by atoms with E-state index in [1.165, 1.54) is 5.57 Å². The Hall–Kier alpha value is -2.67. The van der Waals surface area contributed by atoms with Gasteiger partial charge in [0.1, 0.15) is 0 Å². The van der Waals surface area contributed by atoms with Gasteiger partial charge in [0.15, 0.2) is 0 Å². The second-order valence-electron chi connectivity index (χ2n) is 8.13. The lowest BCUT2D eigenvalue weighted by Crippen LogP contribution is -2.31. The molecule has 3 aromatic rings. The smallest absolute Gasteiger partial charge is 0.0745 e. The van der Waals surface area contributed by atoms with E-state index in [1.807, 2.05) is 12.2 Å². The molecule has 196 valence electrons. The molecule has 10 heteroatoms. The number of halogens is 5. The molecule has 6 rings (SSSR count). The van der Waals surface area contributed by atoms with Crippen molar-refractivity contribution in [1.82, 2.24) is 24.8 Å². The fourth-order valence-corrected chi connectivity index (χ4v) is 4.39. The van der Waals surface area contributed by atoms with Gasteiger partial charge in [-0.1, -0.05) is 12.2 Å². The molecule has 3 aliphatic heterocycles. The average Bonchev–Trinajstić information content (AvgIpc) is 3.59. The van der Waals surface area contributed by atoms with Gasteiger partial charge in [-0.15, -0.1) is 62.0 Å². The molecule has 3 aliphatic rings. The van der Waals surface area contributed by atoms with Crippen LogP contribution in [-0.4, -0.2) is 37.4 Å². The summed E-state index contributed by atoms with van der Waals surface area (Å²) in [7, 11) is 0. The first-order valence-electron chi connectivity index (χ1n) is 10.9. The third-order valence-electron chi connectivity index (χ3n) is 5.92. The van der Waals surface area contributed by atoms with Crippen LogP contribution >= 0.6 is 62.0 Å². The minimum absolute atomic E-state index is 0. The molecule has 3 aromatic heterocycles. The van der Waals surface area contributed by atoms with E-state index in [-0.39, 0.29) is 68.1 Å². The standard InChI is InChI=1S/C27H23N5.5ClH/c1-2-32-12-4-3-5-27(32)25-16-24-15-22-9-8-20(29-22)13-18-6-7-19(28-18)14-21-10-11-23(30-21)17-26(25)31-24;;;;;/h3-17,27-29H,2H2,1H3;5*1H. The van der Waals surface area contributed by atoms with Gasteiger partial charge >= 0.3 is 0 Å². The summed E-state index contributed by atoms with van der Waals surface area (Å²) in [6.45, 7) is 3.10. The molecule has 0 radical (unpaired) electrons. The maximum Gasteiger partial charge on any atom is 0.0745 e. The molecule has 0 aliphatic carbocycles. The zero-order valence-electron chi connectivity index (χ0n) is 19.8. The number of allylic oxidation sites excluding steroid dienone is 2. The third-order valence-corrected chi connectivity index (χ3v) is 5.92. The van der Waals surface area contributed by atoms with E-state index < -0.39 is 0 Å². The van der Waals surface area contributed by atoms with Gasteiger partial charge in [-0.3, -0.25) is 0 Å². The van der Waals surface area contributed by atoms with Crippen molar-refractivity contribution in [3.63, 3.8) is 0 Å². The van der Waals surface area contributed by atoms with Crippen molar-refractivity contribution in [1.29, 1.82) is 0 Å². The molecule has 0 spiro atoms. The monoisotopic (exact) mass is 597 g/mol. The highest BCUT2D eigenvalue weighted by Crippen LogP contribution is 2.30. The van der Waals surface area contributed by atoms with Crippen LogP contribution in [0.1, 0.15) is 29.7 Å². The molecule has 8 bridgehead atoms. The van der Waals surface area contributed by atoms with Gasteiger partial charge in [-0.2, -0.15) is 0 Å². The first-order valence-corrected chi connectivity index (χ1v) is 10.9. The normalized spacial score (nSPS) is 14.8. The van der Waals surface area contributed by atoms with E-state index in [0.29, 0.717) is 0 Å². The summed E-state index contributed by atoms with van der Waals surface area (Å²) >= 11 is 0. The van der Waals surface area contributed by atoms with Crippen LogP contribution in [0.2, 0.25) is 0 Å². The van der Waals surface area contributed by atoms with Crippen molar-refractivity contribution in [2.45, 2.75) is 13.0 Å².